The zero-order valence-corrected chi connectivity index (χ0v) is 26.9. The van der Waals surface area contributed by atoms with E-state index in [0.29, 0.717) is 27.0 Å². The smallest absolute Gasteiger partial charge is 0.264 e. The first-order valence-corrected chi connectivity index (χ1v) is 16.5. The molecule has 11 heteroatoms. The molecule has 3 aromatic rings. The minimum absolute atomic E-state index is 0.00883. The second-order valence-electron chi connectivity index (χ2n) is 10.8. The number of aryl methyl sites for hydroxylation is 1. The van der Waals surface area contributed by atoms with Crippen molar-refractivity contribution in [3.8, 4) is 5.75 Å². The van der Waals surface area contributed by atoms with Crippen molar-refractivity contribution in [1.82, 2.24) is 10.2 Å². The van der Waals surface area contributed by atoms with Gasteiger partial charge in [0.25, 0.3) is 10.0 Å². The SMILES string of the molecule is COc1ccc(S(=O)(=O)N(CC(=O)N(Cc2c(Cl)cccc2Cl)C(C)C(=O)NC2CCCCC2)c2ccc(C)cc2)cc1. The largest absolute Gasteiger partial charge is 0.497 e. The molecule has 1 fully saturated rings. The Morgan fingerprint density at radius 2 is 1.56 bits per heavy atom. The van der Waals surface area contributed by atoms with Gasteiger partial charge in [0, 0.05) is 28.2 Å². The zero-order valence-electron chi connectivity index (χ0n) is 24.6. The van der Waals surface area contributed by atoms with Crippen LogP contribution in [0.2, 0.25) is 10.0 Å². The quantitative estimate of drug-likeness (QED) is 0.261. The van der Waals surface area contributed by atoms with Gasteiger partial charge in [0.2, 0.25) is 11.8 Å². The molecule has 3 aromatic carbocycles. The molecule has 1 unspecified atom stereocenters. The van der Waals surface area contributed by atoms with Crippen molar-refractivity contribution in [1.29, 1.82) is 0 Å². The van der Waals surface area contributed by atoms with E-state index >= 15 is 0 Å². The average Bonchev–Trinajstić information content (AvgIpc) is 3.00. The van der Waals surface area contributed by atoms with Crippen LogP contribution >= 0.6 is 23.2 Å². The first-order chi connectivity index (χ1) is 20.5. The summed E-state index contributed by atoms with van der Waals surface area (Å²) >= 11 is 12.9. The van der Waals surface area contributed by atoms with Crippen LogP contribution in [0.15, 0.2) is 71.6 Å². The number of hydrogen-bond acceptors (Lipinski definition) is 5. The molecule has 1 aliphatic rings. The van der Waals surface area contributed by atoms with Gasteiger partial charge >= 0.3 is 0 Å². The van der Waals surface area contributed by atoms with Crippen molar-refractivity contribution >= 4 is 50.7 Å². The van der Waals surface area contributed by atoms with Crippen LogP contribution in [0.5, 0.6) is 5.75 Å². The van der Waals surface area contributed by atoms with Gasteiger partial charge in [-0.3, -0.25) is 13.9 Å². The molecule has 1 atom stereocenters. The highest BCUT2D eigenvalue weighted by molar-refractivity contribution is 7.92. The maximum absolute atomic E-state index is 14.2. The number of halogens is 2. The Hall–Kier alpha value is -3.27. The summed E-state index contributed by atoms with van der Waals surface area (Å²) in [7, 11) is -2.71. The molecule has 0 bridgehead atoms. The average molecular weight is 647 g/mol. The molecular formula is C32H37Cl2N3O5S. The van der Waals surface area contributed by atoms with Gasteiger partial charge in [-0.15, -0.1) is 0 Å². The van der Waals surface area contributed by atoms with Gasteiger partial charge < -0.3 is 15.0 Å². The van der Waals surface area contributed by atoms with Crippen molar-refractivity contribution in [2.75, 3.05) is 18.0 Å². The number of methoxy groups -OCH3 is 1. The van der Waals surface area contributed by atoms with Crippen molar-refractivity contribution < 1.29 is 22.7 Å². The molecule has 0 radical (unpaired) electrons. The van der Waals surface area contributed by atoms with E-state index in [2.05, 4.69) is 5.32 Å². The fourth-order valence-electron chi connectivity index (χ4n) is 5.12. The predicted octanol–water partition coefficient (Wildman–Crippen LogP) is 6.37. The Balaban J connectivity index is 1.70. The number of nitrogens with one attached hydrogen (secondary N) is 1. The normalized spacial score (nSPS) is 14.5. The van der Waals surface area contributed by atoms with E-state index in [1.807, 2.05) is 6.92 Å². The van der Waals surface area contributed by atoms with Crippen LogP contribution in [-0.4, -0.2) is 50.9 Å². The molecule has 43 heavy (non-hydrogen) atoms. The number of sulfonamides is 1. The fraction of sp³-hybridized carbons (Fsp3) is 0.375. The number of benzene rings is 3. The number of hydrogen-bond donors (Lipinski definition) is 1. The number of anilines is 1. The second kappa shape index (κ2) is 14.5. The Bertz CT molecular complexity index is 1510. The van der Waals surface area contributed by atoms with Gasteiger partial charge in [-0.2, -0.15) is 0 Å². The van der Waals surface area contributed by atoms with Crippen molar-refractivity contribution in [3.05, 3.63) is 87.9 Å². The molecule has 230 valence electrons. The van der Waals surface area contributed by atoms with Gasteiger partial charge in [-0.25, -0.2) is 8.42 Å². The monoisotopic (exact) mass is 645 g/mol. The van der Waals surface area contributed by atoms with E-state index in [-0.39, 0.29) is 23.4 Å². The third-order valence-corrected chi connectivity index (χ3v) is 10.3. The number of nitrogens with zero attached hydrogens (tertiary/aromatic N) is 2. The highest BCUT2D eigenvalue weighted by Gasteiger charge is 2.34. The Kier molecular flexibility index (Phi) is 11.0. The summed E-state index contributed by atoms with van der Waals surface area (Å²) in [6.45, 7) is 2.88. The second-order valence-corrected chi connectivity index (χ2v) is 13.4. The lowest BCUT2D eigenvalue weighted by Gasteiger charge is -2.33. The Morgan fingerprint density at radius 3 is 2.14 bits per heavy atom. The molecule has 2 amide bonds. The van der Waals surface area contributed by atoms with Gasteiger partial charge in [-0.1, -0.05) is 66.2 Å². The van der Waals surface area contributed by atoms with Crippen LogP contribution in [-0.2, 0) is 26.2 Å². The minimum Gasteiger partial charge on any atom is -0.497 e. The van der Waals surface area contributed by atoms with Crippen LogP contribution in [0.3, 0.4) is 0 Å². The molecule has 0 heterocycles. The summed E-state index contributed by atoms with van der Waals surface area (Å²) in [5.74, 6) is -0.402. The fourth-order valence-corrected chi connectivity index (χ4v) is 7.05. The van der Waals surface area contributed by atoms with Gasteiger partial charge in [-0.05, 0) is 75.2 Å². The van der Waals surface area contributed by atoms with Gasteiger partial charge in [0.05, 0.1) is 17.7 Å². The summed E-state index contributed by atoms with van der Waals surface area (Å²) < 4.78 is 34.2. The highest BCUT2D eigenvalue weighted by Crippen LogP contribution is 2.29. The third kappa shape index (κ3) is 8.02. The van der Waals surface area contributed by atoms with Crippen molar-refractivity contribution in [2.24, 2.45) is 0 Å². The van der Waals surface area contributed by atoms with E-state index in [1.54, 1.807) is 61.5 Å². The summed E-state index contributed by atoms with van der Waals surface area (Å²) in [5.41, 5.74) is 1.71. The summed E-state index contributed by atoms with van der Waals surface area (Å²) in [6.07, 6.45) is 4.96. The van der Waals surface area contributed by atoms with Crippen LogP contribution < -0.4 is 14.4 Å². The van der Waals surface area contributed by atoms with Crippen LogP contribution in [0.4, 0.5) is 5.69 Å². The molecule has 0 aromatic heterocycles. The minimum atomic E-state index is -4.20. The zero-order chi connectivity index (χ0) is 31.1. The van der Waals surface area contributed by atoms with Crippen LogP contribution in [0, 0.1) is 6.92 Å². The number of ether oxygens (including phenoxy) is 1. The molecule has 1 N–H and O–H groups in total. The van der Waals surface area contributed by atoms with E-state index in [4.69, 9.17) is 27.9 Å². The first-order valence-electron chi connectivity index (χ1n) is 14.3. The molecule has 1 saturated carbocycles. The molecular weight excluding hydrogens is 609 g/mol. The van der Waals surface area contributed by atoms with E-state index in [9.17, 15) is 18.0 Å². The predicted molar refractivity (Wildman–Crippen MR) is 170 cm³/mol. The van der Waals surface area contributed by atoms with E-state index in [1.165, 1.54) is 24.1 Å². The maximum atomic E-state index is 14.2. The number of carbonyl (C=O) groups is 2. The summed E-state index contributed by atoms with van der Waals surface area (Å²) in [6, 6.07) is 16.9. The maximum Gasteiger partial charge on any atom is 0.264 e. The van der Waals surface area contributed by atoms with Gasteiger partial charge in [0.1, 0.15) is 18.3 Å². The van der Waals surface area contributed by atoms with E-state index in [0.717, 1.165) is 42.0 Å². The molecule has 1 aliphatic carbocycles. The van der Waals surface area contributed by atoms with Crippen LogP contribution in [0.1, 0.15) is 50.2 Å². The lowest BCUT2D eigenvalue weighted by molar-refractivity contribution is -0.139. The van der Waals surface area contributed by atoms with E-state index < -0.39 is 28.5 Å². The summed E-state index contributed by atoms with van der Waals surface area (Å²) in [5, 5.41) is 3.76. The number of amides is 2. The standard InChI is InChI=1S/C32H37Cl2N3O5S/c1-22-12-14-25(15-13-22)37(43(40,41)27-18-16-26(42-3)17-19-27)21-31(38)36(20-28-29(33)10-7-11-30(28)34)23(2)32(39)35-24-8-5-4-6-9-24/h7,10-19,23-24H,4-6,8-9,20-21H2,1-3H3,(H,35,39). The van der Waals surface area contributed by atoms with Crippen molar-refractivity contribution in [3.63, 3.8) is 0 Å². The summed E-state index contributed by atoms with van der Waals surface area (Å²) in [4.78, 5) is 29.0. The molecule has 0 spiro atoms. The number of carbonyl (C=O) groups excluding carboxylic acids is 2. The highest BCUT2D eigenvalue weighted by atomic mass is 35.5. The molecule has 0 saturated heterocycles. The number of rotatable bonds is 11. The lowest BCUT2D eigenvalue weighted by Crippen LogP contribution is -2.53. The molecule has 4 rings (SSSR count). The third-order valence-electron chi connectivity index (χ3n) is 7.76. The molecule has 8 nitrogen and oxygen atoms in total. The van der Waals surface area contributed by atoms with Gasteiger partial charge in [0.15, 0.2) is 0 Å². The Labute approximate surface area is 264 Å². The lowest BCUT2D eigenvalue weighted by atomic mass is 9.95. The molecule has 0 aliphatic heterocycles. The topological polar surface area (TPSA) is 96.0 Å². The first kappa shape index (κ1) is 32.6. The van der Waals surface area contributed by atoms with Crippen molar-refractivity contribution in [2.45, 2.75) is 69.5 Å². The van der Waals surface area contributed by atoms with Crippen LogP contribution in [0.25, 0.3) is 0 Å². The Morgan fingerprint density at radius 1 is 0.953 bits per heavy atom.